The minimum atomic E-state index is -0.200. The molecule has 0 saturated carbocycles. The summed E-state index contributed by atoms with van der Waals surface area (Å²) in [5, 5.41) is 13.2. The van der Waals surface area contributed by atoms with E-state index >= 15 is 0 Å². The highest BCUT2D eigenvalue weighted by molar-refractivity contribution is 5.95. The zero-order valence-corrected chi connectivity index (χ0v) is 10.8. The number of rotatable bonds is 4. The summed E-state index contributed by atoms with van der Waals surface area (Å²) < 4.78 is 1.80. The molecule has 0 saturated heterocycles. The van der Waals surface area contributed by atoms with Gasteiger partial charge in [0.1, 0.15) is 5.82 Å². The lowest BCUT2D eigenvalue weighted by Gasteiger charge is -2.06. The van der Waals surface area contributed by atoms with Gasteiger partial charge in [-0.15, -0.1) is 10.2 Å². The van der Waals surface area contributed by atoms with Crippen molar-refractivity contribution in [1.82, 2.24) is 25.2 Å². The van der Waals surface area contributed by atoms with E-state index in [9.17, 15) is 9.59 Å². The Balaban J connectivity index is 1.99. The van der Waals surface area contributed by atoms with E-state index in [4.69, 9.17) is 0 Å². The highest BCUT2D eigenvalue weighted by Gasteiger charge is 2.08. The zero-order chi connectivity index (χ0) is 13.8. The van der Waals surface area contributed by atoms with Crippen molar-refractivity contribution >= 4 is 17.5 Å². The summed E-state index contributed by atoms with van der Waals surface area (Å²) in [6.07, 6.45) is 1.76. The maximum absolute atomic E-state index is 11.9. The average molecular weight is 261 g/mol. The van der Waals surface area contributed by atoms with Crippen LogP contribution in [0.4, 0.5) is 0 Å². The van der Waals surface area contributed by atoms with Crippen LogP contribution in [0.15, 0.2) is 18.3 Å². The molecule has 2 aromatic heterocycles. The maximum atomic E-state index is 11.9. The molecule has 0 radical (unpaired) electrons. The lowest BCUT2D eigenvalue weighted by Crippen LogP contribution is -2.33. The molecule has 2 heterocycles. The first-order chi connectivity index (χ1) is 9.08. The van der Waals surface area contributed by atoms with Gasteiger partial charge in [-0.3, -0.25) is 14.0 Å². The Morgan fingerprint density at radius 3 is 2.74 bits per heavy atom. The van der Waals surface area contributed by atoms with Gasteiger partial charge in [0.25, 0.3) is 5.91 Å². The molecule has 100 valence electrons. The van der Waals surface area contributed by atoms with Crippen LogP contribution in [0.2, 0.25) is 0 Å². The maximum Gasteiger partial charge on any atom is 0.251 e. The van der Waals surface area contributed by atoms with E-state index in [0.29, 0.717) is 24.3 Å². The predicted molar refractivity (Wildman–Crippen MR) is 68.7 cm³/mol. The Bertz CT molecular complexity index is 620. The van der Waals surface area contributed by atoms with E-state index in [2.05, 4.69) is 20.8 Å². The summed E-state index contributed by atoms with van der Waals surface area (Å²) in [4.78, 5) is 22.5. The number of hydrogen-bond acceptors (Lipinski definition) is 4. The molecule has 2 N–H and O–H groups in total. The number of pyridine rings is 1. The number of aromatic nitrogens is 3. The largest absolute Gasteiger partial charge is 0.355 e. The van der Waals surface area contributed by atoms with Crippen molar-refractivity contribution in [2.24, 2.45) is 0 Å². The van der Waals surface area contributed by atoms with Crippen molar-refractivity contribution < 1.29 is 9.59 Å². The van der Waals surface area contributed by atoms with Crippen molar-refractivity contribution in [1.29, 1.82) is 0 Å². The van der Waals surface area contributed by atoms with Crippen molar-refractivity contribution in [3.8, 4) is 0 Å². The van der Waals surface area contributed by atoms with Gasteiger partial charge >= 0.3 is 0 Å². The number of aryl methyl sites for hydroxylation is 1. The van der Waals surface area contributed by atoms with Crippen molar-refractivity contribution in [3.63, 3.8) is 0 Å². The second-order valence-electron chi connectivity index (χ2n) is 4.13. The summed E-state index contributed by atoms with van der Waals surface area (Å²) >= 11 is 0. The topological polar surface area (TPSA) is 88.4 Å². The molecular weight excluding hydrogens is 246 g/mol. The fourth-order valence-corrected chi connectivity index (χ4v) is 1.67. The molecule has 2 aromatic rings. The van der Waals surface area contributed by atoms with Crippen LogP contribution >= 0.6 is 0 Å². The summed E-state index contributed by atoms with van der Waals surface area (Å²) in [6, 6.07) is 3.38. The molecule has 19 heavy (non-hydrogen) atoms. The SMILES string of the molecule is CC(=O)NCCNC(=O)c1ccn2c(C)nnc2c1. The number of carbonyl (C=O) groups excluding carboxylic acids is 2. The van der Waals surface area contributed by atoms with Crippen molar-refractivity contribution in [3.05, 3.63) is 29.7 Å². The molecular formula is C12H15N5O2. The van der Waals surface area contributed by atoms with Gasteiger partial charge in [0.05, 0.1) is 0 Å². The van der Waals surface area contributed by atoms with Crippen LogP contribution in [0.1, 0.15) is 23.1 Å². The Labute approximate surface area is 110 Å². The van der Waals surface area contributed by atoms with Crippen LogP contribution in [0, 0.1) is 6.92 Å². The van der Waals surface area contributed by atoms with Gasteiger partial charge in [-0.05, 0) is 19.1 Å². The highest BCUT2D eigenvalue weighted by atomic mass is 16.2. The molecule has 0 atom stereocenters. The van der Waals surface area contributed by atoms with Crippen LogP contribution in [-0.2, 0) is 4.79 Å². The lowest BCUT2D eigenvalue weighted by molar-refractivity contribution is -0.118. The second-order valence-corrected chi connectivity index (χ2v) is 4.13. The highest BCUT2D eigenvalue weighted by Crippen LogP contribution is 2.06. The normalized spacial score (nSPS) is 10.4. The molecule has 0 aromatic carbocycles. The number of nitrogens with zero attached hydrogens (tertiary/aromatic N) is 3. The van der Waals surface area contributed by atoms with E-state index in [1.807, 2.05) is 6.92 Å². The minimum absolute atomic E-state index is 0.116. The van der Waals surface area contributed by atoms with Gasteiger partial charge in [0, 0.05) is 31.8 Å². The number of nitrogens with one attached hydrogen (secondary N) is 2. The molecule has 0 bridgehead atoms. The number of hydrogen-bond donors (Lipinski definition) is 2. The molecule has 0 aliphatic rings. The van der Waals surface area contributed by atoms with Crippen molar-refractivity contribution in [2.45, 2.75) is 13.8 Å². The van der Waals surface area contributed by atoms with Gasteiger partial charge in [0.2, 0.25) is 5.91 Å². The molecule has 0 unspecified atom stereocenters. The van der Waals surface area contributed by atoms with Gasteiger partial charge < -0.3 is 10.6 Å². The summed E-state index contributed by atoms with van der Waals surface area (Å²) in [5.74, 6) is 0.454. The standard InChI is InChI=1S/C12H15N5O2/c1-8-15-16-11-7-10(3-6-17(8)11)12(19)14-5-4-13-9(2)18/h3,6-7H,4-5H2,1-2H3,(H,13,18)(H,14,19). The molecule has 7 nitrogen and oxygen atoms in total. The number of carbonyl (C=O) groups is 2. The monoisotopic (exact) mass is 261 g/mol. The Hall–Kier alpha value is -2.44. The fourth-order valence-electron chi connectivity index (χ4n) is 1.67. The van der Waals surface area contributed by atoms with E-state index in [-0.39, 0.29) is 11.8 Å². The average Bonchev–Trinajstić information content (AvgIpc) is 2.75. The van der Waals surface area contributed by atoms with E-state index in [1.54, 1.807) is 22.7 Å². The molecule has 0 spiro atoms. The Morgan fingerprint density at radius 1 is 1.26 bits per heavy atom. The molecule has 0 aliphatic heterocycles. The van der Waals surface area contributed by atoms with E-state index < -0.39 is 0 Å². The first-order valence-electron chi connectivity index (χ1n) is 5.92. The van der Waals surface area contributed by atoms with E-state index in [1.165, 1.54) is 6.92 Å². The number of fused-ring (bicyclic) bond motifs is 1. The smallest absolute Gasteiger partial charge is 0.251 e. The summed E-state index contributed by atoms with van der Waals surface area (Å²) in [7, 11) is 0. The van der Waals surface area contributed by atoms with Gasteiger partial charge in [0.15, 0.2) is 5.65 Å². The summed E-state index contributed by atoms with van der Waals surface area (Å²) in [5.41, 5.74) is 1.15. The predicted octanol–water partition coefficient (Wildman–Crippen LogP) is -0.0964. The third-order valence-corrected chi connectivity index (χ3v) is 2.63. The van der Waals surface area contributed by atoms with Crippen LogP contribution < -0.4 is 10.6 Å². The first-order valence-corrected chi connectivity index (χ1v) is 5.92. The van der Waals surface area contributed by atoms with Crippen LogP contribution in [0.25, 0.3) is 5.65 Å². The fraction of sp³-hybridized carbons (Fsp3) is 0.333. The number of amides is 2. The van der Waals surface area contributed by atoms with Gasteiger partial charge in [-0.2, -0.15) is 0 Å². The summed E-state index contributed by atoms with van der Waals surface area (Å²) in [6.45, 7) is 4.07. The van der Waals surface area contributed by atoms with Crippen LogP contribution in [-0.4, -0.2) is 39.5 Å². The molecule has 2 amide bonds. The van der Waals surface area contributed by atoms with Crippen molar-refractivity contribution in [2.75, 3.05) is 13.1 Å². The van der Waals surface area contributed by atoms with Gasteiger partial charge in [-0.25, -0.2) is 0 Å². The molecule has 0 aliphatic carbocycles. The zero-order valence-electron chi connectivity index (χ0n) is 10.8. The lowest BCUT2D eigenvalue weighted by atomic mass is 10.2. The van der Waals surface area contributed by atoms with Gasteiger partial charge in [-0.1, -0.05) is 0 Å². The molecule has 2 rings (SSSR count). The second kappa shape index (κ2) is 5.47. The molecule has 7 heteroatoms. The minimum Gasteiger partial charge on any atom is -0.355 e. The third kappa shape index (κ3) is 3.06. The van der Waals surface area contributed by atoms with E-state index in [0.717, 1.165) is 5.82 Å². The van der Waals surface area contributed by atoms with Crippen LogP contribution in [0.5, 0.6) is 0 Å². The Kier molecular flexibility index (Phi) is 3.74. The first kappa shape index (κ1) is 13.0. The molecule has 0 fully saturated rings. The quantitative estimate of drug-likeness (QED) is 0.752. The Morgan fingerprint density at radius 2 is 2.00 bits per heavy atom. The third-order valence-electron chi connectivity index (χ3n) is 2.63. The van der Waals surface area contributed by atoms with Crippen LogP contribution in [0.3, 0.4) is 0 Å².